The minimum absolute atomic E-state index is 0.393. The van der Waals surface area contributed by atoms with Gasteiger partial charge in [0.25, 0.3) is 0 Å². The number of aryl methyl sites for hydroxylation is 1. The van der Waals surface area contributed by atoms with Crippen molar-refractivity contribution in [2.24, 2.45) is 0 Å². The Morgan fingerprint density at radius 2 is 1.90 bits per heavy atom. The van der Waals surface area contributed by atoms with Crippen LogP contribution in [0.5, 0.6) is 0 Å². The highest BCUT2D eigenvalue weighted by molar-refractivity contribution is 5.22. The normalized spacial score (nSPS) is 20.7. The third-order valence-corrected chi connectivity index (χ3v) is 4.13. The van der Waals surface area contributed by atoms with Crippen molar-refractivity contribution < 1.29 is 9.84 Å². The molecule has 0 aliphatic carbocycles. The Labute approximate surface area is 128 Å². The maximum Gasteiger partial charge on any atom is 0.0700 e. The quantitative estimate of drug-likeness (QED) is 0.874. The van der Waals surface area contributed by atoms with E-state index in [0.29, 0.717) is 6.10 Å². The number of nitrogens with zero attached hydrogens (tertiary/aromatic N) is 1. The molecule has 1 N–H and O–H groups in total. The molecule has 1 heterocycles. The Morgan fingerprint density at radius 1 is 1.24 bits per heavy atom. The van der Waals surface area contributed by atoms with E-state index in [0.717, 1.165) is 45.5 Å². The van der Waals surface area contributed by atoms with Crippen molar-refractivity contribution in [3.63, 3.8) is 0 Å². The van der Waals surface area contributed by atoms with E-state index in [4.69, 9.17) is 4.74 Å². The fourth-order valence-electron chi connectivity index (χ4n) is 2.69. The van der Waals surface area contributed by atoms with E-state index in [9.17, 15) is 5.11 Å². The highest BCUT2D eigenvalue weighted by Gasteiger charge is 2.18. The highest BCUT2D eigenvalue weighted by Crippen LogP contribution is 2.16. The van der Waals surface area contributed by atoms with Gasteiger partial charge in [-0.2, -0.15) is 0 Å². The summed E-state index contributed by atoms with van der Waals surface area (Å²) < 4.78 is 5.71. The Hall–Kier alpha value is -0.900. The standard InChI is InChI=1S/C18H29NO2/c1-4-17-14-19(11-12-21-17)13-16-7-5-15(6-8-16)9-10-18(2,3)20/h5-8,17,20H,4,9-14H2,1-3H3/t17-/m0/s1. The highest BCUT2D eigenvalue weighted by atomic mass is 16.5. The van der Waals surface area contributed by atoms with Crippen molar-refractivity contribution in [1.29, 1.82) is 0 Å². The second-order valence-corrected chi connectivity index (χ2v) is 6.77. The predicted octanol–water partition coefficient (Wildman–Crippen LogP) is 3.00. The second kappa shape index (κ2) is 7.39. The summed E-state index contributed by atoms with van der Waals surface area (Å²) in [6.45, 7) is 9.83. The molecule has 1 aliphatic rings. The van der Waals surface area contributed by atoms with E-state index in [-0.39, 0.29) is 0 Å². The molecule has 0 unspecified atom stereocenters. The first kappa shape index (κ1) is 16.5. The van der Waals surface area contributed by atoms with Gasteiger partial charge in [0.1, 0.15) is 0 Å². The predicted molar refractivity (Wildman–Crippen MR) is 86.4 cm³/mol. The molecule has 118 valence electrons. The van der Waals surface area contributed by atoms with Gasteiger partial charge in [-0.3, -0.25) is 4.90 Å². The van der Waals surface area contributed by atoms with E-state index in [1.807, 2.05) is 13.8 Å². The largest absolute Gasteiger partial charge is 0.390 e. The van der Waals surface area contributed by atoms with Gasteiger partial charge in [0.15, 0.2) is 0 Å². The molecule has 3 nitrogen and oxygen atoms in total. The average Bonchev–Trinajstić information content (AvgIpc) is 2.46. The monoisotopic (exact) mass is 291 g/mol. The molecule has 1 aliphatic heterocycles. The summed E-state index contributed by atoms with van der Waals surface area (Å²) >= 11 is 0. The fraction of sp³-hybridized carbons (Fsp3) is 0.667. The zero-order valence-electron chi connectivity index (χ0n) is 13.6. The summed E-state index contributed by atoms with van der Waals surface area (Å²) in [5, 5.41) is 9.78. The summed E-state index contributed by atoms with van der Waals surface area (Å²) in [6.07, 6.45) is 3.21. The van der Waals surface area contributed by atoms with Gasteiger partial charge in [-0.25, -0.2) is 0 Å². The maximum absolute atomic E-state index is 9.78. The molecule has 1 saturated heterocycles. The van der Waals surface area contributed by atoms with E-state index in [2.05, 4.69) is 36.1 Å². The first-order valence-electron chi connectivity index (χ1n) is 8.10. The van der Waals surface area contributed by atoms with Crippen LogP contribution in [0.3, 0.4) is 0 Å². The van der Waals surface area contributed by atoms with Crippen molar-refractivity contribution in [2.45, 2.75) is 58.3 Å². The lowest BCUT2D eigenvalue weighted by Crippen LogP contribution is -2.41. The van der Waals surface area contributed by atoms with Gasteiger partial charge in [0, 0.05) is 19.6 Å². The number of morpholine rings is 1. The van der Waals surface area contributed by atoms with Crippen LogP contribution in [-0.4, -0.2) is 41.4 Å². The number of rotatable bonds is 6. The lowest BCUT2D eigenvalue weighted by atomic mass is 9.98. The average molecular weight is 291 g/mol. The molecule has 0 radical (unpaired) electrons. The molecule has 3 heteroatoms. The van der Waals surface area contributed by atoms with Crippen LogP contribution in [0.4, 0.5) is 0 Å². The summed E-state index contributed by atoms with van der Waals surface area (Å²) in [4.78, 5) is 2.48. The third-order valence-electron chi connectivity index (χ3n) is 4.13. The number of ether oxygens (including phenoxy) is 1. The van der Waals surface area contributed by atoms with Gasteiger partial charge < -0.3 is 9.84 Å². The molecule has 1 aromatic carbocycles. The number of hydrogen-bond donors (Lipinski definition) is 1. The topological polar surface area (TPSA) is 32.7 Å². The van der Waals surface area contributed by atoms with E-state index < -0.39 is 5.60 Å². The molecular formula is C18H29NO2. The summed E-state index contributed by atoms with van der Waals surface area (Å²) in [5.74, 6) is 0. The molecule has 1 fully saturated rings. The van der Waals surface area contributed by atoms with Crippen LogP contribution in [0, 0.1) is 0 Å². The smallest absolute Gasteiger partial charge is 0.0700 e. The SMILES string of the molecule is CC[C@H]1CN(Cc2ccc(CCC(C)(C)O)cc2)CCO1. The Balaban J connectivity index is 1.84. The van der Waals surface area contributed by atoms with Crippen molar-refractivity contribution in [2.75, 3.05) is 19.7 Å². The molecule has 1 aromatic rings. The first-order chi connectivity index (χ1) is 9.96. The maximum atomic E-state index is 9.78. The van der Waals surface area contributed by atoms with Gasteiger partial charge in [-0.1, -0.05) is 31.2 Å². The molecule has 0 amide bonds. The van der Waals surface area contributed by atoms with E-state index in [1.165, 1.54) is 11.1 Å². The molecule has 0 spiro atoms. The Kier molecular flexibility index (Phi) is 5.80. The summed E-state index contributed by atoms with van der Waals surface area (Å²) in [5.41, 5.74) is 2.08. The van der Waals surface area contributed by atoms with Gasteiger partial charge >= 0.3 is 0 Å². The zero-order valence-corrected chi connectivity index (χ0v) is 13.6. The second-order valence-electron chi connectivity index (χ2n) is 6.77. The molecule has 0 bridgehead atoms. The van der Waals surface area contributed by atoms with Crippen molar-refractivity contribution >= 4 is 0 Å². The summed E-state index contributed by atoms with van der Waals surface area (Å²) in [7, 11) is 0. The van der Waals surface area contributed by atoms with Crippen molar-refractivity contribution in [3.8, 4) is 0 Å². The minimum Gasteiger partial charge on any atom is -0.390 e. The third kappa shape index (κ3) is 5.77. The van der Waals surface area contributed by atoms with Gasteiger partial charge in [0.05, 0.1) is 18.3 Å². The molecule has 21 heavy (non-hydrogen) atoms. The van der Waals surface area contributed by atoms with Crippen LogP contribution in [0.2, 0.25) is 0 Å². The molecule has 0 aromatic heterocycles. The number of benzene rings is 1. The number of aliphatic hydroxyl groups is 1. The Morgan fingerprint density at radius 3 is 2.52 bits per heavy atom. The molecule has 1 atom stereocenters. The molecule has 0 saturated carbocycles. The van der Waals surface area contributed by atoms with E-state index in [1.54, 1.807) is 0 Å². The fourth-order valence-corrected chi connectivity index (χ4v) is 2.69. The molecule has 2 rings (SSSR count). The van der Waals surface area contributed by atoms with E-state index >= 15 is 0 Å². The van der Waals surface area contributed by atoms with Crippen molar-refractivity contribution in [3.05, 3.63) is 35.4 Å². The van der Waals surface area contributed by atoms with Crippen LogP contribution in [-0.2, 0) is 17.7 Å². The van der Waals surface area contributed by atoms with Gasteiger partial charge in [-0.15, -0.1) is 0 Å². The number of hydrogen-bond acceptors (Lipinski definition) is 3. The van der Waals surface area contributed by atoms with Gasteiger partial charge in [0.2, 0.25) is 0 Å². The van der Waals surface area contributed by atoms with Crippen LogP contribution >= 0.6 is 0 Å². The Bertz CT molecular complexity index is 422. The van der Waals surface area contributed by atoms with Crippen LogP contribution in [0.1, 0.15) is 44.7 Å². The van der Waals surface area contributed by atoms with Crippen molar-refractivity contribution in [1.82, 2.24) is 4.90 Å². The van der Waals surface area contributed by atoms with Crippen LogP contribution in [0.15, 0.2) is 24.3 Å². The van der Waals surface area contributed by atoms with Crippen LogP contribution < -0.4 is 0 Å². The first-order valence-corrected chi connectivity index (χ1v) is 8.10. The molecular weight excluding hydrogens is 262 g/mol. The lowest BCUT2D eigenvalue weighted by Gasteiger charge is -2.32. The zero-order chi connectivity index (χ0) is 15.3. The van der Waals surface area contributed by atoms with Crippen LogP contribution in [0.25, 0.3) is 0 Å². The minimum atomic E-state index is -0.582. The lowest BCUT2D eigenvalue weighted by molar-refractivity contribution is -0.0324. The van der Waals surface area contributed by atoms with Gasteiger partial charge in [-0.05, 0) is 44.2 Å². The summed E-state index contributed by atoms with van der Waals surface area (Å²) in [6, 6.07) is 8.82.